The second-order valence-corrected chi connectivity index (χ2v) is 5.29. The maximum absolute atomic E-state index is 5.71. The van der Waals surface area contributed by atoms with Gasteiger partial charge in [-0.15, -0.1) is 0 Å². The molecule has 0 aromatic heterocycles. The van der Waals surface area contributed by atoms with Crippen molar-refractivity contribution in [3.05, 3.63) is 34.9 Å². The van der Waals surface area contributed by atoms with E-state index in [2.05, 4.69) is 51.3 Å². The van der Waals surface area contributed by atoms with Gasteiger partial charge < -0.3 is 4.74 Å². The number of benzene rings is 1. The number of aryl methyl sites for hydroxylation is 2. The molecule has 1 rings (SSSR count). The number of nitrogens with two attached hydrogens (primary N) is 1. The molecule has 1 aromatic carbocycles. The Balaban J connectivity index is 2.92. The lowest BCUT2D eigenvalue weighted by atomic mass is 9.90. The maximum atomic E-state index is 5.71. The first-order valence-electron chi connectivity index (χ1n) is 6.55. The van der Waals surface area contributed by atoms with Gasteiger partial charge in [0.1, 0.15) is 0 Å². The predicted octanol–water partition coefficient (Wildman–Crippen LogP) is 2.35. The number of hydrazine groups is 1. The summed E-state index contributed by atoms with van der Waals surface area (Å²) in [5.41, 5.74) is 6.90. The van der Waals surface area contributed by atoms with Crippen LogP contribution < -0.4 is 11.3 Å². The Morgan fingerprint density at radius 3 is 2.17 bits per heavy atom. The molecule has 0 heterocycles. The summed E-state index contributed by atoms with van der Waals surface area (Å²) in [4.78, 5) is 0. The highest BCUT2D eigenvalue weighted by Crippen LogP contribution is 2.19. The quantitative estimate of drug-likeness (QED) is 0.602. The topological polar surface area (TPSA) is 47.3 Å². The van der Waals surface area contributed by atoms with E-state index in [-0.39, 0.29) is 12.1 Å². The molecule has 18 heavy (non-hydrogen) atoms. The molecule has 0 aliphatic heterocycles. The normalized spacial score (nSPS) is 14.8. The standard InChI is InChI=1S/C15H26N2O/c1-10(2)15(18-5)14(17-16)9-13-11(3)7-6-8-12(13)4/h6-8,10,14-15,17H,9,16H2,1-5H3. The molecule has 0 saturated carbocycles. The Morgan fingerprint density at radius 2 is 1.78 bits per heavy atom. The first-order chi connectivity index (χ1) is 8.51. The van der Waals surface area contributed by atoms with Crippen molar-refractivity contribution in [2.75, 3.05) is 7.11 Å². The van der Waals surface area contributed by atoms with Crippen LogP contribution in [0.25, 0.3) is 0 Å². The van der Waals surface area contributed by atoms with E-state index in [1.807, 2.05) is 0 Å². The molecule has 2 atom stereocenters. The van der Waals surface area contributed by atoms with Gasteiger partial charge in [0.15, 0.2) is 0 Å². The molecule has 1 aromatic rings. The van der Waals surface area contributed by atoms with E-state index in [1.54, 1.807) is 7.11 Å². The summed E-state index contributed by atoms with van der Waals surface area (Å²) >= 11 is 0. The van der Waals surface area contributed by atoms with Crippen LogP contribution >= 0.6 is 0 Å². The van der Waals surface area contributed by atoms with Crippen LogP contribution in [0, 0.1) is 19.8 Å². The lowest BCUT2D eigenvalue weighted by Gasteiger charge is -2.29. The second-order valence-electron chi connectivity index (χ2n) is 5.29. The fraction of sp³-hybridized carbons (Fsp3) is 0.600. The van der Waals surface area contributed by atoms with Crippen molar-refractivity contribution in [2.45, 2.75) is 46.3 Å². The van der Waals surface area contributed by atoms with Crippen LogP contribution in [-0.2, 0) is 11.2 Å². The van der Waals surface area contributed by atoms with E-state index in [9.17, 15) is 0 Å². The zero-order chi connectivity index (χ0) is 13.7. The van der Waals surface area contributed by atoms with Crippen LogP contribution in [0.5, 0.6) is 0 Å². The van der Waals surface area contributed by atoms with Crippen LogP contribution in [0.2, 0.25) is 0 Å². The number of ether oxygens (including phenoxy) is 1. The van der Waals surface area contributed by atoms with E-state index in [1.165, 1.54) is 16.7 Å². The molecule has 0 aliphatic rings. The molecule has 3 nitrogen and oxygen atoms in total. The molecule has 0 radical (unpaired) electrons. The van der Waals surface area contributed by atoms with Crippen molar-refractivity contribution < 1.29 is 4.74 Å². The van der Waals surface area contributed by atoms with Gasteiger partial charge in [0, 0.05) is 7.11 Å². The number of hydrogen-bond donors (Lipinski definition) is 2. The van der Waals surface area contributed by atoms with Gasteiger partial charge in [-0.05, 0) is 42.9 Å². The van der Waals surface area contributed by atoms with Gasteiger partial charge in [0.05, 0.1) is 12.1 Å². The molecule has 0 fully saturated rings. The van der Waals surface area contributed by atoms with Crippen LogP contribution in [0.1, 0.15) is 30.5 Å². The van der Waals surface area contributed by atoms with Gasteiger partial charge >= 0.3 is 0 Å². The predicted molar refractivity (Wildman–Crippen MR) is 76.4 cm³/mol. The minimum atomic E-state index is 0.119. The Labute approximate surface area is 111 Å². The third-order valence-electron chi connectivity index (χ3n) is 3.61. The minimum Gasteiger partial charge on any atom is -0.380 e. The van der Waals surface area contributed by atoms with Gasteiger partial charge in [0.2, 0.25) is 0 Å². The third kappa shape index (κ3) is 3.55. The minimum absolute atomic E-state index is 0.119. The molecule has 0 spiro atoms. The van der Waals surface area contributed by atoms with E-state index in [0.717, 1.165) is 6.42 Å². The molecule has 102 valence electrons. The first kappa shape index (κ1) is 15.2. The number of rotatable bonds is 6. The molecule has 0 bridgehead atoms. The maximum Gasteiger partial charge on any atom is 0.0763 e. The summed E-state index contributed by atoms with van der Waals surface area (Å²) in [5, 5.41) is 0. The van der Waals surface area contributed by atoms with E-state index in [0.29, 0.717) is 5.92 Å². The molecule has 0 aliphatic carbocycles. The number of nitrogens with one attached hydrogen (secondary N) is 1. The summed E-state index contributed by atoms with van der Waals surface area (Å²) in [6.07, 6.45) is 1.01. The average Bonchev–Trinajstić information content (AvgIpc) is 2.32. The van der Waals surface area contributed by atoms with E-state index < -0.39 is 0 Å². The Kier molecular flexibility index (Phi) is 5.79. The fourth-order valence-electron chi connectivity index (χ4n) is 2.56. The van der Waals surface area contributed by atoms with Gasteiger partial charge in [-0.25, -0.2) is 0 Å². The summed E-state index contributed by atoms with van der Waals surface area (Å²) < 4.78 is 5.57. The largest absolute Gasteiger partial charge is 0.380 e. The lowest BCUT2D eigenvalue weighted by molar-refractivity contribution is 0.0331. The van der Waals surface area contributed by atoms with Crippen molar-refractivity contribution in [1.29, 1.82) is 0 Å². The van der Waals surface area contributed by atoms with Crippen molar-refractivity contribution in [3.8, 4) is 0 Å². The summed E-state index contributed by atoms with van der Waals surface area (Å²) in [7, 11) is 1.75. The average molecular weight is 250 g/mol. The molecule has 3 N–H and O–H groups in total. The highest BCUT2D eigenvalue weighted by atomic mass is 16.5. The number of methoxy groups -OCH3 is 1. The van der Waals surface area contributed by atoms with Gasteiger partial charge in [-0.2, -0.15) is 0 Å². The third-order valence-corrected chi connectivity index (χ3v) is 3.61. The van der Waals surface area contributed by atoms with Gasteiger partial charge in [0.25, 0.3) is 0 Å². The zero-order valence-electron chi connectivity index (χ0n) is 12.2. The van der Waals surface area contributed by atoms with E-state index in [4.69, 9.17) is 10.6 Å². The first-order valence-corrected chi connectivity index (χ1v) is 6.55. The zero-order valence-corrected chi connectivity index (χ0v) is 12.2. The van der Waals surface area contributed by atoms with Gasteiger partial charge in [-0.1, -0.05) is 32.0 Å². The van der Waals surface area contributed by atoms with Crippen LogP contribution in [0.15, 0.2) is 18.2 Å². The Morgan fingerprint density at radius 1 is 1.22 bits per heavy atom. The van der Waals surface area contributed by atoms with Crippen molar-refractivity contribution in [3.63, 3.8) is 0 Å². The highest BCUT2D eigenvalue weighted by Gasteiger charge is 2.24. The van der Waals surface area contributed by atoms with Crippen molar-refractivity contribution in [2.24, 2.45) is 11.8 Å². The fourth-order valence-corrected chi connectivity index (χ4v) is 2.56. The summed E-state index contributed by atoms with van der Waals surface area (Å²) in [6.45, 7) is 8.60. The number of hydrogen-bond acceptors (Lipinski definition) is 3. The second kappa shape index (κ2) is 6.88. The molecular formula is C15H26N2O. The van der Waals surface area contributed by atoms with Crippen molar-refractivity contribution in [1.82, 2.24) is 5.43 Å². The molecular weight excluding hydrogens is 224 g/mol. The molecule has 0 amide bonds. The van der Waals surface area contributed by atoms with Crippen LogP contribution in [0.3, 0.4) is 0 Å². The molecule has 2 unspecified atom stereocenters. The van der Waals surface area contributed by atoms with Gasteiger partial charge in [-0.3, -0.25) is 11.3 Å². The van der Waals surface area contributed by atoms with Crippen LogP contribution in [0.4, 0.5) is 0 Å². The Bertz CT molecular complexity index is 357. The lowest BCUT2D eigenvalue weighted by Crippen LogP contribution is -2.48. The smallest absolute Gasteiger partial charge is 0.0763 e. The highest BCUT2D eigenvalue weighted by molar-refractivity contribution is 5.34. The summed E-state index contributed by atoms with van der Waals surface area (Å²) in [5.74, 6) is 6.14. The molecule has 3 heteroatoms. The SMILES string of the molecule is COC(C(C)C)C(Cc1c(C)cccc1C)NN. The van der Waals surface area contributed by atoms with Crippen LogP contribution in [-0.4, -0.2) is 19.3 Å². The van der Waals surface area contributed by atoms with E-state index >= 15 is 0 Å². The molecule has 0 saturated heterocycles. The van der Waals surface area contributed by atoms with Crippen molar-refractivity contribution >= 4 is 0 Å². The monoisotopic (exact) mass is 250 g/mol. The summed E-state index contributed by atoms with van der Waals surface area (Å²) in [6, 6.07) is 6.52. The Hall–Kier alpha value is -0.900.